The van der Waals surface area contributed by atoms with E-state index in [4.69, 9.17) is 5.73 Å². The molecule has 0 aromatic carbocycles. The van der Waals surface area contributed by atoms with E-state index in [9.17, 15) is 4.79 Å². The first kappa shape index (κ1) is 15.7. The number of nitrogens with two attached hydrogens (primary N) is 1. The summed E-state index contributed by atoms with van der Waals surface area (Å²) in [5.74, 6) is 0.0389. The normalized spacial score (nSPS) is 19.1. The summed E-state index contributed by atoms with van der Waals surface area (Å²) in [5, 5.41) is 0. The summed E-state index contributed by atoms with van der Waals surface area (Å²) >= 11 is 0. The molecule has 4 nitrogen and oxygen atoms in total. The molecule has 1 amide bonds. The van der Waals surface area contributed by atoms with Gasteiger partial charge in [-0.1, -0.05) is 0 Å². The molecule has 0 bridgehead atoms. The molecule has 1 aliphatic heterocycles. The molecule has 1 saturated heterocycles. The van der Waals surface area contributed by atoms with Gasteiger partial charge in [0.2, 0.25) is 5.91 Å². The molecule has 0 atom stereocenters. The van der Waals surface area contributed by atoms with Gasteiger partial charge in [-0.15, -0.1) is 12.4 Å². The molecule has 0 unspecified atom stereocenters. The van der Waals surface area contributed by atoms with Gasteiger partial charge < -0.3 is 15.5 Å². The van der Waals surface area contributed by atoms with Crippen LogP contribution in [0.25, 0.3) is 0 Å². The third kappa shape index (κ3) is 3.92. The van der Waals surface area contributed by atoms with Gasteiger partial charge >= 0.3 is 0 Å². The second-order valence-electron chi connectivity index (χ2n) is 5.17. The SMILES string of the molecule is CN1CCC(N(C)C(=O)C(C)(C)N)CC1.Cl. The molecule has 96 valence electrons. The van der Waals surface area contributed by atoms with Gasteiger partial charge in [0, 0.05) is 13.1 Å². The number of carbonyl (C=O) groups is 1. The van der Waals surface area contributed by atoms with Gasteiger partial charge in [-0.2, -0.15) is 0 Å². The minimum Gasteiger partial charge on any atom is -0.341 e. The third-order valence-corrected chi connectivity index (χ3v) is 3.11. The van der Waals surface area contributed by atoms with Crippen LogP contribution >= 0.6 is 12.4 Å². The zero-order valence-corrected chi connectivity index (χ0v) is 11.5. The smallest absolute Gasteiger partial charge is 0.242 e. The zero-order valence-electron chi connectivity index (χ0n) is 10.7. The standard InChI is InChI=1S/C11H23N3O.ClH/c1-11(2,12)10(15)14(4)9-5-7-13(3)8-6-9;/h9H,5-8,12H2,1-4H3;1H. The van der Waals surface area contributed by atoms with Crippen LogP contribution < -0.4 is 5.73 Å². The van der Waals surface area contributed by atoms with Gasteiger partial charge in [-0.05, 0) is 46.8 Å². The van der Waals surface area contributed by atoms with E-state index in [1.165, 1.54) is 0 Å². The van der Waals surface area contributed by atoms with Crippen molar-refractivity contribution >= 4 is 18.3 Å². The van der Waals surface area contributed by atoms with Crippen LogP contribution in [0.1, 0.15) is 26.7 Å². The van der Waals surface area contributed by atoms with Gasteiger partial charge in [-0.25, -0.2) is 0 Å². The molecule has 0 saturated carbocycles. The van der Waals surface area contributed by atoms with Crippen molar-refractivity contribution in [2.45, 2.75) is 38.3 Å². The van der Waals surface area contributed by atoms with E-state index in [-0.39, 0.29) is 18.3 Å². The van der Waals surface area contributed by atoms with E-state index in [0.29, 0.717) is 6.04 Å². The van der Waals surface area contributed by atoms with Gasteiger partial charge in [-0.3, -0.25) is 4.79 Å². The van der Waals surface area contributed by atoms with Crippen molar-refractivity contribution in [1.29, 1.82) is 0 Å². The highest BCUT2D eigenvalue weighted by Crippen LogP contribution is 2.16. The predicted molar refractivity (Wildman–Crippen MR) is 68.8 cm³/mol. The van der Waals surface area contributed by atoms with Crippen molar-refractivity contribution in [1.82, 2.24) is 9.80 Å². The maximum atomic E-state index is 11.9. The molecule has 5 heteroatoms. The van der Waals surface area contributed by atoms with Crippen LogP contribution in [-0.2, 0) is 4.79 Å². The first-order chi connectivity index (χ1) is 6.82. The maximum absolute atomic E-state index is 11.9. The van der Waals surface area contributed by atoms with Crippen molar-refractivity contribution < 1.29 is 4.79 Å². The largest absolute Gasteiger partial charge is 0.341 e. The average Bonchev–Trinajstić information content (AvgIpc) is 2.15. The molecule has 0 spiro atoms. The Hall–Kier alpha value is -0.320. The third-order valence-electron chi connectivity index (χ3n) is 3.11. The number of rotatable bonds is 2. The van der Waals surface area contributed by atoms with Crippen molar-refractivity contribution in [3.8, 4) is 0 Å². The summed E-state index contributed by atoms with van der Waals surface area (Å²) in [6.07, 6.45) is 2.10. The zero-order chi connectivity index (χ0) is 11.6. The number of nitrogens with zero attached hydrogens (tertiary/aromatic N) is 2. The molecule has 2 N–H and O–H groups in total. The van der Waals surface area contributed by atoms with Crippen molar-refractivity contribution in [3.05, 3.63) is 0 Å². The first-order valence-corrected chi connectivity index (χ1v) is 5.57. The second kappa shape index (κ2) is 5.84. The van der Waals surface area contributed by atoms with Crippen molar-refractivity contribution in [2.24, 2.45) is 5.73 Å². The van der Waals surface area contributed by atoms with Crippen molar-refractivity contribution in [2.75, 3.05) is 27.2 Å². The molecule has 1 heterocycles. The topological polar surface area (TPSA) is 49.6 Å². The number of hydrogen-bond acceptors (Lipinski definition) is 3. The number of piperidine rings is 1. The van der Waals surface area contributed by atoms with Crippen LogP contribution in [0.4, 0.5) is 0 Å². The van der Waals surface area contributed by atoms with E-state index in [2.05, 4.69) is 11.9 Å². The number of amides is 1. The molecule has 1 aliphatic rings. The minimum absolute atomic E-state index is 0. The molecule has 0 aromatic rings. The number of likely N-dealkylation sites (N-methyl/N-ethyl adjacent to an activating group) is 1. The Balaban J connectivity index is 0.00000225. The number of halogens is 1. The van der Waals surface area contributed by atoms with Crippen LogP contribution in [0, 0.1) is 0 Å². The van der Waals surface area contributed by atoms with Crippen molar-refractivity contribution in [3.63, 3.8) is 0 Å². The Kier molecular flexibility index (Phi) is 5.73. The van der Waals surface area contributed by atoms with E-state index >= 15 is 0 Å². The predicted octanol–water partition coefficient (Wildman–Crippen LogP) is 0.698. The Bertz CT molecular complexity index is 232. The molecule has 0 radical (unpaired) electrons. The van der Waals surface area contributed by atoms with Crippen LogP contribution in [0.5, 0.6) is 0 Å². The maximum Gasteiger partial charge on any atom is 0.242 e. The van der Waals surface area contributed by atoms with Crippen LogP contribution in [0.3, 0.4) is 0 Å². The quantitative estimate of drug-likeness (QED) is 0.784. The van der Waals surface area contributed by atoms with Gasteiger partial charge in [0.1, 0.15) is 0 Å². The Morgan fingerprint density at radius 2 is 1.81 bits per heavy atom. The molecule has 1 fully saturated rings. The molecular weight excluding hydrogens is 226 g/mol. The number of hydrogen-bond donors (Lipinski definition) is 1. The van der Waals surface area contributed by atoms with Crippen LogP contribution in [0.2, 0.25) is 0 Å². The summed E-state index contributed by atoms with van der Waals surface area (Å²) < 4.78 is 0. The fourth-order valence-electron chi connectivity index (χ4n) is 2.00. The molecule has 1 rings (SSSR count). The van der Waals surface area contributed by atoms with E-state index in [1.54, 1.807) is 13.8 Å². The molecule has 0 aromatic heterocycles. The van der Waals surface area contributed by atoms with E-state index in [1.807, 2.05) is 11.9 Å². The fraction of sp³-hybridized carbons (Fsp3) is 0.909. The summed E-state index contributed by atoms with van der Waals surface area (Å²) in [7, 11) is 3.98. The second-order valence-corrected chi connectivity index (χ2v) is 5.17. The lowest BCUT2D eigenvalue weighted by Gasteiger charge is -2.37. The van der Waals surface area contributed by atoms with Gasteiger partial charge in [0.15, 0.2) is 0 Å². The average molecular weight is 250 g/mol. The molecule has 16 heavy (non-hydrogen) atoms. The highest BCUT2D eigenvalue weighted by molar-refractivity contribution is 5.85. The lowest BCUT2D eigenvalue weighted by Crippen LogP contribution is -2.54. The summed E-state index contributed by atoms with van der Waals surface area (Å²) in [5.41, 5.74) is 5.06. The van der Waals surface area contributed by atoms with E-state index < -0.39 is 5.54 Å². The van der Waals surface area contributed by atoms with Gasteiger partial charge in [0.25, 0.3) is 0 Å². The summed E-state index contributed by atoms with van der Waals surface area (Å²) in [6, 6.07) is 0.358. The van der Waals surface area contributed by atoms with E-state index in [0.717, 1.165) is 25.9 Å². The first-order valence-electron chi connectivity index (χ1n) is 5.57. The fourth-order valence-corrected chi connectivity index (χ4v) is 2.00. The Morgan fingerprint density at radius 3 is 2.19 bits per heavy atom. The lowest BCUT2D eigenvalue weighted by molar-refractivity contribution is -0.137. The molecular formula is C11H24ClN3O. The summed E-state index contributed by atoms with van der Waals surface area (Å²) in [6.45, 7) is 5.65. The number of carbonyl (C=O) groups excluding carboxylic acids is 1. The number of likely N-dealkylation sites (tertiary alicyclic amines) is 1. The van der Waals surface area contributed by atoms with Crippen LogP contribution in [-0.4, -0.2) is 54.5 Å². The Morgan fingerprint density at radius 1 is 1.38 bits per heavy atom. The highest BCUT2D eigenvalue weighted by atomic mass is 35.5. The van der Waals surface area contributed by atoms with Crippen LogP contribution in [0.15, 0.2) is 0 Å². The van der Waals surface area contributed by atoms with Gasteiger partial charge in [0.05, 0.1) is 5.54 Å². The minimum atomic E-state index is -0.752. The monoisotopic (exact) mass is 249 g/mol. The lowest BCUT2D eigenvalue weighted by atomic mass is 10.00. The highest BCUT2D eigenvalue weighted by Gasteiger charge is 2.31. The molecule has 0 aliphatic carbocycles. The summed E-state index contributed by atoms with van der Waals surface area (Å²) in [4.78, 5) is 16.1. The Labute approximate surface area is 105 Å².